The van der Waals surface area contributed by atoms with E-state index >= 15 is 0 Å². The summed E-state index contributed by atoms with van der Waals surface area (Å²) in [6.45, 7) is 2.17. The first kappa shape index (κ1) is 16.0. The number of pyridine rings is 1. The van der Waals surface area contributed by atoms with Gasteiger partial charge in [0.1, 0.15) is 17.5 Å². The van der Waals surface area contributed by atoms with Crippen molar-refractivity contribution in [3.8, 4) is 6.07 Å². The Balaban J connectivity index is 1.70. The summed E-state index contributed by atoms with van der Waals surface area (Å²) in [5, 5.41) is 8.90. The highest BCUT2D eigenvalue weighted by Gasteiger charge is 2.33. The fourth-order valence-corrected chi connectivity index (χ4v) is 2.50. The van der Waals surface area contributed by atoms with Gasteiger partial charge >= 0.3 is 6.18 Å². The van der Waals surface area contributed by atoms with E-state index in [4.69, 9.17) is 5.26 Å². The van der Waals surface area contributed by atoms with Crippen LogP contribution in [-0.2, 0) is 6.18 Å². The molecule has 0 aliphatic carbocycles. The van der Waals surface area contributed by atoms with E-state index in [1.54, 1.807) is 23.2 Å². The van der Waals surface area contributed by atoms with Gasteiger partial charge in [-0.25, -0.2) is 15.0 Å². The summed E-state index contributed by atoms with van der Waals surface area (Å²) in [5.41, 5.74) is 0.255. The molecule has 1 fully saturated rings. The first-order valence-electron chi connectivity index (χ1n) is 7.23. The summed E-state index contributed by atoms with van der Waals surface area (Å²) >= 11 is 0. The standard InChI is InChI=1S/C15H13F3N6/c16-15(17,18)13-2-4-21-14(22-13)24-7-5-23(6-8-24)12-1-3-20-11(9-12)10-19/h1-4,9H,5-8H2. The molecule has 0 aromatic carbocycles. The molecule has 24 heavy (non-hydrogen) atoms. The van der Waals surface area contributed by atoms with E-state index in [2.05, 4.69) is 15.0 Å². The summed E-state index contributed by atoms with van der Waals surface area (Å²) in [4.78, 5) is 15.2. The van der Waals surface area contributed by atoms with Crippen LogP contribution in [0.25, 0.3) is 0 Å². The minimum Gasteiger partial charge on any atom is -0.368 e. The van der Waals surface area contributed by atoms with Gasteiger partial charge in [0, 0.05) is 44.3 Å². The lowest BCUT2D eigenvalue weighted by molar-refractivity contribution is -0.141. The zero-order valence-corrected chi connectivity index (χ0v) is 12.5. The molecule has 1 aliphatic rings. The number of hydrogen-bond acceptors (Lipinski definition) is 6. The Kier molecular flexibility index (Phi) is 4.20. The van der Waals surface area contributed by atoms with Crippen molar-refractivity contribution in [2.24, 2.45) is 0 Å². The van der Waals surface area contributed by atoms with Crippen LogP contribution >= 0.6 is 0 Å². The second-order valence-corrected chi connectivity index (χ2v) is 5.22. The van der Waals surface area contributed by atoms with E-state index in [0.717, 1.165) is 18.0 Å². The molecule has 0 radical (unpaired) electrons. The molecule has 0 amide bonds. The van der Waals surface area contributed by atoms with E-state index in [0.29, 0.717) is 31.9 Å². The predicted octanol–water partition coefficient (Wildman–Crippen LogP) is 2.09. The average Bonchev–Trinajstić information content (AvgIpc) is 2.61. The molecule has 0 atom stereocenters. The molecule has 1 saturated heterocycles. The van der Waals surface area contributed by atoms with E-state index in [-0.39, 0.29) is 5.95 Å². The van der Waals surface area contributed by atoms with Gasteiger partial charge < -0.3 is 9.80 Å². The second kappa shape index (κ2) is 6.31. The van der Waals surface area contributed by atoms with Crippen molar-refractivity contribution in [2.45, 2.75) is 6.18 Å². The van der Waals surface area contributed by atoms with Gasteiger partial charge in [-0.05, 0) is 18.2 Å². The van der Waals surface area contributed by atoms with Crippen LogP contribution in [-0.4, -0.2) is 41.1 Å². The maximum Gasteiger partial charge on any atom is 0.433 e. The number of halogens is 3. The van der Waals surface area contributed by atoms with E-state index < -0.39 is 11.9 Å². The summed E-state index contributed by atoms with van der Waals surface area (Å²) in [6.07, 6.45) is -1.79. The molecule has 6 nitrogen and oxygen atoms in total. The van der Waals surface area contributed by atoms with Crippen LogP contribution in [0.2, 0.25) is 0 Å². The van der Waals surface area contributed by atoms with Crippen LogP contribution in [0.1, 0.15) is 11.4 Å². The molecule has 2 aromatic heterocycles. The molecule has 0 spiro atoms. The minimum absolute atomic E-state index is 0.0805. The normalized spacial score (nSPS) is 15.2. The molecule has 1 aliphatic heterocycles. The fraction of sp³-hybridized carbons (Fsp3) is 0.333. The van der Waals surface area contributed by atoms with Crippen molar-refractivity contribution in [1.29, 1.82) is 5.26 Å². The average molecular weight is 334 g/mol. The number of piperazine rings is 1. The van der Waals surface area contributed by atoms with Gasteiger partial charge in [0.15, 0.2) is 0 Å². The van der Waals surface area contributed by atoms with Gasteiger partial charge in [0.05, 0.1) is 0 Å². The number of aromatic nitrogens is 3. The van der Waals surface area contributed by atoms with Crippen LogP contribution in [0.15, 0.2) is 30.6 Å². The quantitative estimate of drug-likeness (QED) is 0.838. The monoisotopic (exact) mass is 334 g/mol. The molecule has 0 N–H and O–H groups in total. The molecule has 3 rings (SSSR count). The molecule has 124 valence electrons. The van der Waals surface area contributed by atoms with Crippen molar-refractivity contribution in [3.05, 3.63) is 42.0 Å². The van der Waals surface area contributed by atoms with Crippen molar-refractivity contribution in [1.82, 2.24) is 15.0 Å². The third-order valence-corrected chi connectivity index (χ3v) is 3.72. The zero-order chi connectivity index (χ0) is 17.2. The highest BCUT2D eigenvalue weighted by molar-refractivity contribution is 5.50. The van der Waals surface area contributed by atoms with Crippen molar-refractivity contribution in [3.63, 3.8) is 0 Å². The lowest BCUT2D eigenvalue weighted by Gasteiger charge is -2.36. The number of alkyl halides is 3. The first-order chi connectivity index (χ1) is 11.5. The molecule has 0 unspecified atom stereocenters. The van der Waals surface area contributed by atoms with Gasteiger partial charge in [0.2, 0.25) is 5.95 Å². The third-order valence-electron chi connectivity index (χ3n) is 3.72. The number of anilines is 2. The molecule has 9 heteroatoms. The number of nitrogens with zero attached hydrogens (tertiary/aromatic N) is 6. The van der Waals surface area contributed by atoms with Crippen molar-refractivity contribution < 1.29 is 13.2 Å². The Morgan fingerprint density at radius 1 is 1.00 bits per heavy atom. The largest absolute Gasteiger partial charge is 0.433 e. The van der Waals surface area contributed by atoms with Gasteiger partial charge in [-0.15, -0.1) is 0 Å². The molecule has 0 bridgehead atoms. The topological polar surface area (TPSA) is 68.9 Å². The predicted molar refractivity (Wildman–Crippen MR) is 80.4 cm³/mol. The Morgan fingerprint density at radius 3 is 2.33 bits per heavy atom. The summed E-state index contributed by atoms with van der Waals surface area (Å²) in [5.74, 6) is 0.0805. The number of rotatable bonds is 2. The SMILES string of the molecule is N#Cc1cc(N2CCN(c3nccc(C(F)(F)F)n3)CC2)ccn1. The lowest BCUT2D eigenvalue weighted by Crippen LogP contribution is -2.47. The van der Waals surface area contributed by atoms with Gasteiger partial charge in [-0.1, -0.05) is 0 Å². The molecular formula is C15H13F3N6. The number of hydrogen-bond donors (Lipinski definition) is 0. The molecular weight excluding hydrogens is 321 g/mol. The summed E-state index contributed by atoms with van der Waals surface area (Å²) in [7, 11) is 0. The fourth-order valence-electron chi connectivity index (χ4n) is 2.50. The number of nitriles is 1. The van der Waals surface area contributed by atoms with Crippen molar-refractivity contribution in [2.75, 3.05) is 36.0 Å². The molecule has 0 saturated carbocycles. The van der Waals surface area contributed by atoms with E-state index in [9.17, 15) is 13.2 Å². The van der Waals surface area contributed by atoms with Crippen molar-refractivity contribution >= 4 is 11.6 Å². The Labute approximate surface area is 136 Å². The highest BCUT2D eigenvalue weighted by atomic mass is 19.4. The summed E-state index contributed by atoms with van der Waals surface area (Å²) in [6, 6.07) is 6.34. The van der Waals surface area contributed by atoms with Crippen LogP contribution in [0.5, 0.6) is 0 Å². The van der Waals surface area contributed by atoms with Gasteiger partial charge in [-0.3, -0.25) is 0 Å². The van der Waals surface area contributed by atoms with E-state index in [1.165, 1.54) is 0 Å². The minimum atomic E-state index is -4.48. The smallest absolute Gasteiger partial charge is 0.368 e. The Bertz CT molecular complexity index is 762. The Morgan fingerprint density at radius 2 is 1.67 bits per heavy atom. The Hall–Kier alpha value is -2.89. The van der Waals surface area contributed by atoms with Crippen LogP contribution in [0, 0.1) is 11.3 Å². The maximum absolute atomic E-state index is 12.7. The summed E-state index contributed by atoms with van der Waals surface area (Å²) < 4.78 is 38.2. The first-order valence-corrected chi connectivity index (χ1v) is 7.23. The van der Waals surface area contributed by atoms with Gasteiger partial charge in [0.25, 0.3) is 0 Å². The van der Waals surface area contributed by atoms with Crippen LogP contribution < -0.4 is 9.80 Å². The van der Waals surface area contributed by atoms with E-state index in [1.807, 2.05) is 11.0 Å². The van der Waals surface area contributed by atoms with Crippen LogP contribution in [0.4, 0.5) is 24.8 Å². The zero-order valence-electron chi connectivity index (χ0n) is 12.5. The molecule has 2 aromatic rings. The lowest BCUT2D eigenvalue weighted by atomic mass is 10.2. The van der Waals surface area contributed by atoms with Gasteiger partial charge in [-0.2, -0.15) is 18.4 Å². The highest BCUT2D eigenvalue weighted by Crippen LogP contribution is 2.28. The second-order valence-electron chi connectivity index (χ2n) is 5.22. The molecule has 3 heterocycles. The van der Waals surface area contributed by atoms with Crippen LogP contribution in [0.3, 0.4) is 0 Å². The maximum atomic E-state index is 12.7. The third kappa shape index (κ3) is 3.37.